The number of halogens is 6. The molecule has 23 heavy (non-hydrogen) atoms. The summed E-state index contributed by atoms with van der Waals surface area (Å²) in [6.07, 6.45) is -8.81. The normalized spacial score (nSPS) is 21.6. The molecule has 0 bridgehead atoms. The Morgan fingerprint density at radius 2 is 1.83 bits per heavy atom. The van der Waals surface area contributed by atoms with Crippen LogP contribution in [0.15, 0.2) is 0 Å². The number of carbonyl (C=O) groups is 2. The molecular weight excluding hydrogens is 332 g/mol. The summed E-state index contributed by atoms with van der Waals surface area (Å²) in [4.78, 5) is 24.2. The SMILES string of the molecule is C[C@@H](C(=O)NC(=O)NCC(F)(F)F)N1CCC[C@H](C(F)(F)F)C1. The predicted molar refractivity (Wildman–Crippen MR) is 67.4 cm³/mol. The van der Waals surface area contributed by atoms with E-state index < -0.39 is 42.8 Å². The topological polar surface area (TPSA) is 61.4 Å². The van der Waals surface area contributed by atoms with Crippen molar-refractivity contribution in [2.45, 2.75) is 38.2 Å². The summed E-state index contributed by atoms with van der Waals surface area (Å²) >= 11 is 0. The van der Waals surface area contributed by atoms with Gasteiger partial charge in [-0.05, 0) is 26.3 Å². The molecule has 0 aromatic rings. The van der Waals surface area contributed by atoms with E-state index in [4.69, 9.17) is 0 Å². The van der Waals surface area contributed by atoms with Crippen molar-refractivity contribution in [3.8, 4) is 0 Å². The average molecular weight is 349 g/mol. The number of imide groups is 1. The molecule has 5 nitrogen and oxygen atoms in total. The van der Waals surface area contributed by atoms with Gasteiger partial charge in [-0.15, -0.1) is 0 Å². The van der Waals surface area contributed by atoms with Crippen molar-refractivity contribution in [1.82, 2.24) is 15.5 Å². The Morgan fingerprint density at radius 3 is 2.35 bits per heavy atom. The van der Waals surface area contributed by atoms with Gasteiger partial charge in [0.25, 0.3) is 0 Å². The van der Waals surface area contributed by atoms with E-state index in [2.05, 4.69) is 0 Å². The molecule has 0 aromatic heterocycles. The van der Waals surface area contributed by atoms with Crippen molar-refractivity contribution in [1.29, 1.82) is 0 Å². The van der Waals surface area contributed by atoms with Gasteiger partial charge in [-0.3, -0.25) is 15.0 Å². The molecule has 0 saturated carbocycles. The van der Waals surface area contributed by atoms with Gasteiger partial charge in [-0.2, -0.15) is 26.3 Å². The minimum Gasteiger partial charge on any atom is -0.329 e. The zero-order chi connectivity index (χ0) is 17.8. The van der Waals surface area contributed by atoms with Gasteiger partial charge in [0.05, 0.1) is 12.0 Å². The number of urea groups is 1. The number of nitrogens with one attached hydrogen (secondary N) is 2. The molecule has 2 N–H and O–H groups in total. The van der Waals surface area contributed by atoms with Crippen molar-refractivity contribution in [3.63, 3.8) is 0 Å². The van der Waals surface area contributed by atoms with Gasteiger partial charge >= 0.3 is 18.4 Å². The van der Waals surface area contributed by atoms with Crippen LogP contribution in [-0.2, 0) is 4.79 Å². The molecule has 0 unspecified atom stereocenters. The lowest BCUT2D eigenvalue weighted by Crippen LogP contribution is -2.54. The van der Waals surface area contributed by atoms with Crippen molar-refractivity contribution >= 4 is 11.9 Å². The first-order valence-electron chi connectivity index (χ1n) is 6.86. The molecule has 11 heteroatoms. The number of nitrogens with zero attached hydrogens (tertiary/aromatic N) is 1. The minimum absolute atomic E-state index is 0.0413. The Bertz CT molecular complexity index is 437. The fourth-order valence-corrected chi connectivity index (χ4v) is 2.23. The number of hydrogen-bond acceptors (Lipinski definition) is 3. The van der Waals surface area contributed by atoms with E-state index in [9.17, 15) is 35.9 Å². The maximum Gasteiger partial charge on any atom is 0.405 e. The molecule has 1 saturated heterocycles. The zero-order valence-electron chi connectivity index (χ0n) is 12.2. The summed E-state index contributed by atoms with van der Waals surface area (Å²) in [6, 6.07) is -2.40. The highest BCUT2D eigenvalue weighted by Gasteiger charge is 2.43. The van der Waals surface area contributed by atoms with Crippen LogP contribution in [0, 0.1) is 5.92 Å². The van der Waals surface area contributed by atoms with Gasteiger partial charge in [0.15, 0.2) is 0 Å². The maximum atomic E-state index is 12.7. The lowest BCUT2D eigenvalue weighted by Gasteiger charge is -2.36. The number of alkyl halides is 6. The van der Waals surface area contributed by atoms with E-state index in [1.807, 2.05) is 0 Å². The van der Waals surface area contributed by atoms with E-state index in [-0.39, 0.29) is 25.9 Å². The standard InChI is InChI=1S/C12H17F6N3O2/c1-7(9(22)20-10(23)19-6-11(13,14)15)21-4-2-3-8(5-21)12(16,17)18/h7-8H,2-6H2,1H3,(H2,19,20,22,23)/t7-,8-/m0/s1. The molecule has 1 rings (SSSR count). The monoisotopic (exact) mass is 349 g/mol. The Hall–Kier alpha value is -1.52. The second-order valence-electron chi connectivity index (χ2n) is 5.34. The minimum atomic E-state index is -4.63. The van der Waals surface area contributed by atoms with E-state index in [0.717, 1.165) is 0 Å². The highest BCUT2D eigenvalue weighted by atomic mass is 19.4. The van der Waals surface area contributed by atoms with Gasteiger partial charge in [0.2, 0.25) is 5.91 Å². The third-order valence-corrected chi connectivity index (χ3v) is 3.53. The van der Waals surface area contributed by atoms with E-state index in [1.54, 1.807) is 5.32 Å². The van der Waals surface area contributed by atoms with Gasteiger partial charge in [0, 0.05) is 6.54 Å². The molecule has 1 heterocycles. The average Bonchev–Trinajstić information content (AvgIpc) is 2.43. The number of hydrogen-bond donors (Lipinski definition) is 2. The van der Waals surface area contributed by atoms with Crippen LogP contribution in [-0.4, -0.2) is 54.9 Å². The molecular formula is C12H17F6N3O2. The fraction of sp³-hybridized carbons (Fsp3) is 0.833. The first-order chi connectivity index (χ1) is 10.4. The molecule has 0 aromatic carbocycles. The molecule has 0 spiro atoms. The van der Waals surface area contributed by atoms with Gasteiger partial charge in [-0.1, -0.05) is 0 Å². The number of carbonyl (C=O) groups excluding carboxylic acids is 2. The number of piperidine rings is 1. The molecule has 0 aliphatic carbocycles. The maximum absolute atomic E-state index is 12.7. The number of amides is 3. The van der Waals surface area contributed by atoms with Gasteiger partial charge < -0.3 is 5.32 Å². The smallest absolute Gasteiger partial charge is 0.329 e. The Labute approximate surface area is 128 Å². The summed E-state index contributed by atoms with van der Waals surface area (Å²) < 4.78 is 73.9. The summed E-state index contributed by atoms with van der Waals surface area (Å²) in [7, 11) is 0. The first-order valence-corrected chi connectivity index (χ1v) is 6.86. The van der Waals surface area contributed by atoms with Crippen LogP contribution in [0.5, 0.6) is 0 Å². The summed E-state index contributed by atoms with van der Waals surface area (Å²) in [5.74, 6) is -2.52. The van der Waals surface area contributed by atoms with E-state index in [0.29, 0.717) is 0 Å². The molecule has 134 valence electrons. The van der Waals surface area contributed by atoms with Crippen molar-refractivity contribution in [2.24, 2.45) is 5.92 Å². The highest BCUT2D eigenvalue weighted by Crippen LogP contribution is 2.33. The van der Waals surface area contributed by atoms with Crippen molar-refractivity contribution in [3.05, 3.63) is 0 Å². The van der Waals surface area contributed by atoms with Crippen LogP contribution in [0.3, 0.4) is 0 Å². The summed E-state index contributed by atoms with van der Waals surface area (Å²) in [5, 5.41) is 3.14. The second-order valence-corrected chi connectivity index (χ2v) is 5.34. The molecule has 1 aliphatic rings. The Balaban J connectivity index is 2.51. The first kappa shape index (κ1) is 19.5. The number of rotatable bonds is 3. The third kappa shape index (κ3) is 6.63. The Morgan fingerprint density at radius 1 is 1.22 bits per heavy atom. The van der Waals surface area contributed by atoms with Crippen LogP contribution in [0.1, 0.15) is 19.8 Å². The van der Waals surface area contributed by atoms with Crippen LogP contribution < -0.4 is 10.6 Å². The third-order valence-electron chi connectivity index (χ3n) is 3.53. The lowest BCUT2D eigenvalue weighted by atomic mass is 9.96. The highest BCUT2D eigenvalue weighted by molar-refractivity contribution is 5.96. The molecule has 1 aliphatic heterocycles. The quantitative estimate of drug-likeness (QED) is 0.767. The number of likely N-dealkylation sites (tertiary alicyclic amines) is 1. The molecule has 0 radical (unpaired) electrons. The summed E-state index contributed by atoms with van der Waals surface area (Å²) in [5.41, 5.74) is 0. The van der Waals surface area contributed by atoms with Gasteiger partial charge in [0.1, 0.15) is 6.54 Å². The second kappa shape index (κ2) is 7.37. The largest absolute Gasteiger partial charge is 0.405 e. The predicted octanol–water partition coefficient (Wildman–Crippen LogP) is 2.04. The lowest BCUT2D eigenvalue weighted by molar-refractivity contribution is -0.188. The molecule has 1 fully saturated rings. The summed E-state index contributed by atoms with van der Waals surface area (Å²) in [6.45, 7) is -0.459. The van der Waals surface area contributed by atoms with Crippen LogP contribution >= 0.6 is 0 Å². The van der Waals surface area contributed by atoms with Crippen LogP contribution in [0.4, 0.5) is 31.1 Å². The van der Waals surface area contributed by atoms with E-state index >= 15 is 0 Å². The fourth-order valence-electron chi connectivity index (χ4n) is 2.23. The zero-order valence-corrected chi connectivity index (χ0v) is 12.2. The van der Waals surface area contributed by atoms with Gasteiger partial charge in [-0.25, -0.2) is 4.79 Å². The van der Waals surface area contributed by atoms with Crippen molar-refractivity contribution < 1.29 is 35.9 Å². The van der Waals surface area contributed by atoms with Crippen LogP contribution in [0.2, 0.25) is 0 Å². The molecule has 2 atom stereocenters. The van der Waals surface area contributed by atoms with Crippen LogP contribution in [0.25, 0.3) is 0 Å². The van der Waals surface area contributed by atoms with E-state index in [1.165, 1.54) is 17.1 Å². The molecule has 3 amide bonds. The van der Waals surface area contributed by atoms with Crippen molar-refractivity contribution in [2.75, 3.05) is 19.6 Å². The Kier molecular flexibility index (Phi) is 6.25.